The largest absolute Gasteiger partial charge is 0.449 e. The molecule has 3 aromatic carbocycles. The highest BCUT2D eigenvalue weighted by molar-refractivity contribution is 5.95. The van der Waals surface area contributed by atoms with Gasteiger partial charge in [-0.2, -0.15) is 0 Å². The summed E-state index contributed by atoms with van der Waals surface area (Å²) in [5.41, 5.74) is 0.976. The van der Waals surface area contributed by atoms with Crippen LogP contribution < -0.4 is 56.8 Å². The standard InChI is InChI=1S/C40H40O15/c1-35(2)44-23-16(13-41)24-30(51-36(3,4)45-24)20(29(23)50-35)19(21-31-25(46-37(5,6)52-31)17(14-42)26-32(21)53-38(7,8)47-26)22-33-27(48-39(9,10)54-33)18(15-43)28-34(22)55-40(11,12)49-28/h13-15,19H,1-12H3. The van der Waals surface area contributed by atoms with Gasteiger partial charge in [0.25, 0.3) is 0 Å². The first kappa shape index (κ1) is 35.0. The van der Waals surface area contributed by atoms with Crippen LogP contribution in [-0.2, 0) is 0 Å². The van der Waals surface area contributed by atoms with Crippen LogP contribution in [0.1, 0.15) is 137 Å². The molecule has 55 heavy (non-hydrogen) atoms. The molecule has 290 valence electrons. The lowest BCUT2D eigenvalue weighted by atomic mass is 9.79. The Morgan fingerprint density at radius 1 is 0.291 bits per heavy atom. The molecule has 0 saturated heterocycles. The minimum absolute atomic E-state index is 0.0602. The highest BCUT2D eigenvalue weighted by Gasteiger charge is 2.56. The molecule has 0 N–H and O–H groups in total. The van der Waals surface area contributed by atoms with Gasteiger partial charge in [-0.25, -0.2) is 0 Å². The predicted octanol–water partition coefficient (Wildman–Crippen LogP) is 7.35. The van der Waals surface area contributed by atoms with E-state index in [1.165, 1.54) is 0 Å². The van der Waals surface area contributed by atoms with E-state index in [0.29, 0.717) is 18.9 Å². The third kappa shape index (κ3) is 4.97. The van der Waals surface area contributed by atoms with Crippen molar-refractivity contribution in [3.8, 4) is 69.0 Å². The highest BCUT2D eigenvalue weighted by Crippen LogP contribution is 2.69. The van der Waals surface area contributed by atoms with E-state index in [4.69, 9.17) is 56.8 Å². The predicted molar refractivity (Wildman–Crippen MR) is 188 cm³/mol. The number of benzene rings is 3. The maximum atomic E-state index is 12.9. The summed E-state index contributed by atoms with van der Waals surface area (Å²) in [5.74, 6) is -7.73. The molecule has 0 fully saturated rings. The first-order chi connectivity index (χ1) is 25.5. The van der Waals surface area contributed by atoms with Crippen molar-refractivity contribution in [1.82, 2.24) is 0 Å². The van der Waals surface area contributed by atoms with E-state index in [0.717, 1.165) is 0 Å². The van der Waals surface area contributed by atoms with Crippen LogP contribution in [0.25, 0.3) is 0 Å². The Hall–Kier alpha value is -5.73. The number of hydrogen-bond acceptors (Lipinski definition) is 15. The van der Waals surface area contributed by atoms with Gasteiger partial charge < -0.3 is 56.8 Å². The molecule has 15 nitrogen and oxygen atoms in total. The van der Waals surface area contributed by atoms with Crippen LogP contribution >= 0.6 is 0 Å². The number of carbonyl (C=O) groups excluding carboxylic acids is 3. The van der Waals surface area contributed by atoms with E-state index < -0.39 is 40.6 Å². The molecule has 0 spiro atoms. The number of aldehydes is 3. The van der Waals surface area contributed by atoms with Crippen LogP contribution in [0.15, 0.2) is 0 Å². The van der Waals surface area contributed by atoms with Gasteiger partial charge in [-0.05, 0) is 0 Å². The van der Waals surface area contributed by atoms with E-state index >= 15 is 0 Å². The van der Waals surface area contributed by atoms with E-state index in [1.807, 2.05) is 0 Å². The Labute approximate surface area is 315 Å². The van der Waals surface area contributed by atoms with Crippen molar-refractivity contribution in [3.63, 3.8) is 0 Å². The van der Waals surface area contributed by atoms with Gasteiger partial charge in [0.05, 0.1) is 22.6 Å². The summed E-state index contributed by atoms with van der Waals surface area (Å²) in [6.45, 7) is 20.3. The number of fused-ring (bicyclic) bond motifs is 6. The monoisotopic (exact) mass is 760 g/mol. The third-order valence-electron chi connectivity index (χ3n) is 9.57. The molecule has 0 atom stereocenters. The zero-order valence-corrected chi connectivity index (χ0v) is 32.4. The van der Waals surface area contributed by atoms with Crippen molar-refractivity contribution >= 4 is 18.9 Å². The van der Waals surface area contributed by atoms with Gasteiger partial charge in [0, 0.05) is 83.1 Å². The lowest BCUT2D eigenvalue weighted by Gasteiger charge is -2.28. The summed E-state index contributed by atoms with van der Waals surface area (Å²) < 4.78 is 77.7. The van der Waals surface area contributed by atoms with Crippen molar-refractivity contribution in [2.24, 2.45) is 0 Å². The van der Waals surface area contributed by atoms with Gasteiger partial charge in [0.15, 0.2) is 87.9 Å². The summed E-state index contributed by atoms with van der Waals surface area (Å²) in [7, 11) is 0. The normalized spacial score (nSPS) is 21.5. The zero-order valence-electron chi connectivity index (χ0n) is 32.4. The quantitative estimate of drug-likeness (QED) is 0.181. The zero-order chi connectivity index (χ0) is 39.6. The topological polar surface area (TPSA) is 162 Å². The maximum Gasteiger partial charge on any atom is 0.246 e. The molecule has 3 aromatic rings. The summed E-state index contributed by atoms with van der Waals surface area (Å²) in [5, 5.41) is 0. The van der Waals surface area contributed by atoms with Crippen LogP contribution in [0.2, 0.25) is 0 Å². The fourth-order valence-electron chi connectivity index (χ4n) is 7.92. The Morgan fingerprint density at radius 2 is 0.436 bits per heavy atom. The molecular formula is C40H40O15. The summed E-state index contributed by atoms with van der Waals surface area (Å²) >= 11 is 0. The molecule has 6 aliphatic heterocycles. The minimum Gasteiger partial charge on any atom is -0.449 e. The fraction of sp³-hybridized carbons (Fsp3) is 0.475. The molecule has 0 unspecified atom stereocenters. The van der Waals surface area contributed by atoms with Crippen molar-refractivity contribution in [2.45, 2.75) is 124 Å². The Balaban J connectivity index is 1.51. The average molecular weight is 761 g/mol. The second-order valence-corrected chi connectivity index (χ2v) is 16.8. The van der Waals surface area contributed by atoms with Gasteiger partial charge in [-0.15, -0.1) is 0 Å². The van der Waals surface area contributed by atoms with Crippen molar-refractivity contribution in [1.29, 1.82) is 0 Å². The van der Waals surface area contributed by atoms with E-state index in [-0.39, 0.29) is 102 Å². The molecule has 0 aliphatic carbocycles. The van der Waals surface area contributed by atoms with Gasteiger partial charge in [-0.1, -0.05) is 0 Å². The minimum atomic E-state index is -1.28. The molecule has 9 rings (SSSR count). The Kier molecular flexibility index (Phi) is 6.56. The molecule has 0 bridgehead atoms. The Morgan fingerprint density at radius 3 is 0.582 bits per heavy atom. The number of carbonyl (C=O) groups is 3. The number of rotatable bonds is 6. The highest BCUT2D eigenvalue weighted by atomic mass is 16.8. The van der Waals surface area contributed by atoms with Gasteiger partial charge in [-0.3, -0.25) is 14.4 Å². The first-order valence-electron chi connectivity index (χ1n) is 17.8. The van der Waals surface area contributed by atoms with Crippen LogP contribution in [0.4, 0.5) is 0 Å². The SMILES string of the molecule is CC1(C)Oc2c(C=O)c3c(c(C(c4c5c(c(C=O)c6c4OC(C)(C)O6)OC(C)(C)O5)c4c5c(c(C=O)c6c4OC(C)(C)O6)OC(C)(C)O5)c2O1)OC(C)(C)O3. The first-order valence-corrected chi connectivity index (χ1v) is 17.8. The maximum absolute atomic E-state index is 12.9. The molecule has 0 saturated carbocycles. The molecular weight excluding hydrogens is 720 g/mol. The van der Waals surface area contributed by atoms with Crippen molar-refractivity contribution in [3.05, 3.63) is 33.4 Å². The summed E-state index contributed by atoms with van der Waals surface area (Å²) in [6, 6.07) is 0. The van der Waals surface area contributed by atoms with E-state index in [1.54, 1.807) is 83.1 Å². The Bertz CT molecular complexity index is 1920. The number of ether oxygens (including phenoxy) is 12. The number of hydrogen-bond donors (Lipinski definition) is 0. The van der Waals surface area contributed by atoms with Crippen molar-refractivity contribution in [2.75, 3.05) is 0 Å². The lowest BCUT2D eigenvalue weighted by molar-refractivity contribution is -0.0493. The van der Waals surface area contributed by atoms with Crippen LogP contribution in [0, 0.1) is 0 Å². The van der Waals surface area contributed by atoms with Gasteiger partial charge in [0.2, 0.25) is 34.7 Å². The molecule has 0 radical (unpaired) electrons. The fourth-order valence-corrected chi connectivity index (χ4v) is 7.92. The molecule has 0 aromatic heterocycles. The molecule has 6 heterocycles. The van der Waals surface area contributed by atoms with Crippen molar-refractivity contribution < 1.29 is 71.2 Å². The second-order valence-electron chi connectivity index (χ2n) is 16.8. The smallest absolute Gasteiger partial charge is 0.246 e. The van der Waals surface area contributed by atoms with Crippen LogP contribution in [-0.4, -0.2) is 53.6 Å². The lowest BCUT2D eigenvalue weighted by Crippen LogP contribution is -2.32. The average Bonchev–Trinajstić information content (AvgIpc) is 3.85. The van der Waals surface area contributed by atoms with Gasteiger partial charge >= 0.3 is 0 Å². The third-order valence-corrected chi connectivity index (χ3v) is 9.57. The van der Waals surface area contributed by atoms with E-state index in [2.05, 4.69) is 0 Å². The molecule has 15 heteroatoms. The van der Waals surface area contributed by atoms with E-state index in [9.17, 15) is 14.4 Å². The second kappa shape index (κ2) is 10.3. The van der Waals surface area contributed by atoms with Gasteiger partial charge in [0.1, 0.15) is 16.7 Å². The van der Waals surface area contributed by atoms with Crippen LogP contribution in [0.3, 0.4) is 0 Å². The molecule has 6 aliphatic rings. The summed E-state index contributed by atoms with van der Waals surface area (Å²) in [6.07, 6.45) is 1.85. The van der Waals surface area contributed by atoms with Crippen LogP contribution in [0.5, 0.6) is 69.0 Å². The molecule has 0 amide bonds. The summed E-state index contributed by atoms with van der Waals surface area (Å²) in [4.78, 5) is 38.8.